The largest absolute Gasteiger partial charge is 0.372 e. The minimum Gasteiger partial charge on any atom is -0.372 e. The van der Waals surface area contributed by atoms with Crippen LogP contribution in [0, 0.1) is 6.92 Å². The Bertz CT molecular complexity index is 899. The number of carbonyl (C=O) groups is 2. The molecule has 1 aromatic carbocycles. The third-order valence-corrected chi connectivity index (χ3v) is 5.93. The SMILES string of the molecule is Cc1ccc(-n2nc3c(c2NC(=O)C(=O)N2C[C@H](C)O[C@@H](C)C2)CSC3)cc1. The summed E-state index contributed by atoms with van der Waals surface area (Å²) >= 11 is 1.76. The molecule has 28 heavy (non-hydrogen) atoms. The molecule has 2 aliphatic heterocycles. The fourth-order valence-electron chi connectivity index (χ4n) is 3.66. The maximum absolute atomic E-state index is 12.8. The van der Waals surface area contributed by atoms with Crippen molar-refractivity contribution in [3.05, 3.63) is 41.1 Å². The Morgan fingerprint density at radius 3 is 2.50 bits per heavy atom. The summed E-state index contributed by atoms with van der Waals surface area (Å²) in [5, 5.41) is 7.52. The lowest BCUT2D eigenvalue weighted by Crippen LogP contribution is -2.51. The summed E-state index contributed by atoms with van der Waals surface area (Å²) in [7, 11) is 0. The highest BCUT2D eigenvalue weighted by Crippen LogP contribution is 2.36. The molecule has 0 spiro atoms. The summed E-state index contributed by atoms with van der Waals surface area (Å²) in [6.07, 6.45) is -0.168. The van der Waals surface area contributed by atoms with Gasteiger partial charge < -0.3 is 15.0 Å². The van der Waals surface area contributed by atoms with Crippen LogP contribution < -0.4 is 5.32 Å². The average Bonchev–Trinajstić information content (AvgIpc) is 3.23. The quantitative estimate of drug-likeness (QED) is 0.784. The number of nitrogens with one attached hydrogen (secondary N) is 1. The van der Waals surface area contributed by atoms with Gasteiger partial charge in [0.2, 0.25) is 0 Å². The molecule has 8 heteroatoms. The van der Waals surface area contributed by atoms with Gasteiger partial charge in [-0.25, -0.2) is 4.68 Å². The number of carbonyl (C=O) groups excluding carboxylic acids is 2. The van der Waals surface area contributed by atoms with Gasteiger partial charge in [0.05, 0.1) is 23.6 Å². The lowest BCUT2D eigenvalue weighted by atomic mass is 10.2. The van der Waals surface area contributed by atoms with Gasteiger partial charge in [0.15, 0.2) is 0 Å². The van der Waals surface area contributed by atoms with Gasteiger partial charge in [-0.2, -0.15) is 16.9 Å². The van der Waals surface area contributed by atoms with E-state index in [1.807, 2.05) is 45.0 Å². The summed E-state index contributed by atoms with van der Waals surface area (Å²) in [5.41, 5.74) is 3.97. The molecule has 0 radical (unpaired) electrons. The van der Waals surface area contributed by atoms with E-state index >= 15 is 0 Å². The van der Waals surface area contributed by atoms with E-state index in [1.165, 1.54) is 0 Å². The number of nitrogens with zero attached hydrogens (tertiary/aromatic N) is 3. The topological polar surface area (TPSA) is 76.5 Å². The van der Waals surface area contributed by atoms with E-state index in [4.69, 9.17) is 4.74 Å². The standard InChI is InChI=1S/C20H24N4O3S/c1-12-4-6-15(7-5-12)24-18(16-10-28-11-17(16)22-24)21-19(25)20(26)23-8-13(2)27-14(3)9-23/h4-7,13-14H,8-11H2,1-3H3,(H,21,25)/t13-,14-/m0/s1. The van der Waals surface area contributed by atoms with Gasteiger partial charge in [-0.1, -0.05) is 17.7 Å². The molecule has 1 fully saturated rings. The molecular weight excluding hydrogens is 376 g/mol. The number of anilines is 1. The smallest absolute Gasteiger partial charge is 0.315 e. The van der Waals surface area contributed by atoms with Gasteiger partial charge in [0.1, 0.15) is 5.82 Å². The van der Waals surface area contributed by atoms with Crippen molar-refractivity contribution in [1.29, 1.82) is 0 Å². The van der Waals surface area contributed by atoms with Gasteiger partial charge in [-0.3, -0.25) is 9.59 Å². The van der Waals surface area contributed by atoms with Crippen LogP contribution in [0.15, 0.2) is 24.3 Å². The molecule has 0 saturated carbocycles. The first kappa shape index (κ1) is 19.0. The van der Waals surface area contributed by atoms with E-state index < -0.39 is 11.8 Å². The van der Waals surface area contributed by atoms with Crippen LogP contribution in [0.5, 0.6) is 0 Å². The Hall–Kier alpha value is -2.32. The molecule has 2 aromatic rings. The first-order valence-electron chi connectivity index (χ1n) is 9.43. The normalized spacial score (nSPS) is 21.5. The summed E-state index contributed by atoms with van der Waals surface area (Å²) < 4.78 is 7.39. The third kappa shape index (κ3) is 3.66. The second-order valence-electron chi connectivity index (χ2n) is 7.44. The number of hydrogen-bond donors (Lipinski definition) is 1. The van der Waals surface area contributed by atoms with Crippen molar-refractivity contribution < 1.29 is 14.3 Å². The predicted molar refractivity (Wildman–Crippen MR) is 109 cm³/mol. The van der Waals surface area contributed by atoms with E-state index in [0.29, 0.717) is 18.9 Å². The molecule has 2 amide bonds. The van der Waals surface area contributed by atoms with Crippen molar-refractivity contribution in [1.82, 2.24) is 14.7 Å². The number of aromatic nitrogens is 2. The molecule has 1 N–H and O–H groups in total. The summed E-state index contributed by atoms with van der Waals surface area (Å²) in [6.45, 7) is 6.67. The Labute approximate surface area is 168 Å². The second-order valence-corrected chi connectivity index (χ2v) is 8.42. The van der Waals surface area contributed by atoms with Crippen LogP contribution >= 0.6 is 11.8 Å². The van der Waals surface area contributed by atoms with Gasteiger partial charge >= 0.3 is 11.8 Å². The zero-order chi connectivity index (χ0) is 19.8. The molecule has 1 saturated heterocycles. The summed E-state index contributed by atoms with van der Waals surface area (Å²) in [6, 6.07) is 7.94. The number of hydrogen-bond acceptors (Lipinski definition) is 5. The van der Waals surface area contributed by atoms with Crippen LogP contribution in [0.3, 0.4) is 0 Å². The molecule has 148 valence electrons. The highest BCUT2D eigenvalue weighted by atomic mass is 32.2. The zero-order valence-corrected chi connectivity index (χ0v) is 17.1. The number of morpholine rings is 1. The average molecular weight is 401 g/mol. The molecule has 0 bridgehead atoms. The zero-order valence-electron chi connectivity index (χ0n) is 16.3. The van der Waals surface area contributed by atoms with Crippen LogP contribution in [0.2, 0.25) is 0 Å². The molecule has 4 rings (SSSR count). The van der Waals surface area contributed by atoms with Crippen LogP contribution in [0.4, 0.5) is 5.82 Å². The first-order valence-corrected chi connectivity index (χ1v) is 10.6. The van der Waals surface area contributed by atoms with E-state index in [1.54, 1.807) is 21.3 Å². The lowest BCUT2D eigenvalue weighted by Gasteiger charge is -2.34. The highest BCUT2D eigenvalue weighted by Gasteiger charge is 2.32. The van der Waals surface area contributed by atoms with E-state index in [0.717, 1.165) is 34.0 Å². The Kier molecular flexibility index (Phi) is 5.16. The molecule has 2 aliphatic rings. The number of fused-ring (bicyclic) bond motifs is 1. The van der Waals surface area contributed by atoms with Crippen molar-refractivity contribution in [3.8, 4) is 5.69 Å². The first-order chi connectivity index (χ1) is 13.4. The van der Waals surface area contributed by atoms with Crippen LogP contribution in [-0.2, 0) is 25.8 Å². The van der Waals surface area contributed by atoms with Crippen molar-refractivity contribution in [2.45, 2.75) is 44.5 Å². The molecule has 2 atom stereocenters. The minimum atomic E-state index is -0.630. The van der Waals surface area contributed by atoms with Gasteiger partial charge in [-0.15, -0.1) is 0 Å². The van der Waals surface area contributed by atoms with Crippen molar-refractivity contribution in [3.63, 3.8) is 0 Å². The molecule has 7 nitrogen and oxygen atoms in total. The van der Waals surface area contributed by atoms with Gasteiger partial charge in [-0.05, 0) is 32.9 Å². The van der Waals surface area contributed by atoms with E-state index in [-0.39, 0.29) is 12.2 Å². The van der Waals surface area contributed by atoms with E-state index in [9.17, 15) is 9.59 Å². The highest BCUT2D eigenvalue weighted by molar-refractivity contribution is 7.98. The number of ether oxygens (including phenoxy) is 1. The van der Waals surface area contributed by atoms with Crippen molar-refractivity contribution >= 4 is 29.4 Å². The van der Waals surface area contributed by atoms with Crippen LogP contribution in [-0.4, -0.2) is 51.8 Å². The Morgan fingerprint density at radius 2 is 1.82 bits per heavy atom. The van der Waals surface area contributed by atoms with E-state index in [2.05, 4.69) is 10.4 Å². The molecule has 3 heterocycles. The number of thioether (sulfide) groups is 1. The predicted octanol–water partition coefficient (Wildman–Crippen LogP) is 2.50. The monoisotopic (exact) mass is 400 g/mol. The van der Waals surface area contributed by atoms with Crippen molar-refractivity contribution in [2.24, 2.45) is 0 Å². The number of benzene rings is 1. The van der Waals surface area contributed by atoms with Crippen molar-refractivity contribution in [2.75, 3.05) is 18.4 Å². The Balaban J connectivity index is 1.59. The third-order valence-electron chi connectivity index (χ3n) is 4.96. The number of rotatable bonds is 2. The summed E-state index contributed by atoms with van der Waals surface area (Å²) in [4.78, 5) is 27.1. The fraction of sp³-hybridized carbons (Fsp3) is 0.450. The number of amides is 2. The molecule has 1 aromatic heterocycles. The minimum absolute atomic E-state index is 0.0840. The second kappa shape index (κ2) is 7.60. The summed E-state index contributed by atoms with van der Waals surface area (Å²) in [5.74, 6) is 1.02. The number of aryl methyl sites for hydroxylation is 1. The van der Waals surface area contributed by atoms with Gasteiger partial charge in [0.25, 0.3) is 0 Å². The molecular formula is C20H24N4O3S. The Morgan fingerprint density at radius 1 is 1.14 bits per heavy atom. The van der Waals surface area contributed by atoms with Crippen LogP contribution in [0.1, 0.15) is 30.7 Å². The van der Waals surface area contributed by atoms with Gasteiger partial charge in [0, 0.05) is 30.2 Å². The fourth-order valence-corrected chi connectivity index (χ4v) is 4.70. The lowest BCUT2D eigenvalue weighted by molar-refractivity contribution is -0.151. The molecule has 0 aliphatic carbocycles. The van der Waals surface area contributed by atoms with Crippen LogP contribution in [0.25, 0.3) is 5.69 Å². The molecule has 0 unspecified atom stereocenters. The maximum Gasteiger partial charge on any atom is 0.315 e. The maximum atomic E-state index is 12.8.